The van der Waals surface area contributed by atoms with Gasteiger partial charge in [-0.3, -0.25) is 14.7 Å². The highest BCUT2D eigenvalue weighted by molar-refractivity contribution is 5.81. The summed E-state index contributed by atoms with van der Waals surface area (Å²) in [6, 6.07) is 11.0. The standard InChI is InChI=1S/C20H31N5O2/c1-21-20(22-10-9-19(26)23(2)3)25-14-17-18(15-25)27-12-11-24(17)13-16-7-5-4-6-8-16/h4-8,17-18H,9-15H2,1-3H3,(H,21,22). The monoisotopic (exact) mass is 373 g/mol. The van der Waals surface area contributed by atoms with Crippen molar-refractivity contribution >= 4 is 11.9 Å². The molecule has 2 unspecified atom stereocenters. The number of aliphatic imine (C=N–C) groups is 1. The van der Waals surface area contributed by atoms with Crippen LogP contribution in [0.1, 0.15) is 12.0 Å². The summed E-state index contributed by atoms with van der Waals surface area (Å²) in [5.41, 5.74) is 1.33. The highest BCUT2D eigenvalue weighted by atomic mass is 16.5. The predicted octanol–water partition coefficient (Wildman–Crippen LogP) is 0.625. The number of nitrogens with one attached hydrogen (secondary N) is 1. The Morgan fingerprint density at radius 1 is 1.30 bits per heavy atom. The van der Waals surface area contributed by atoms with E-state index in [2.05, 4.69) is 50.4 Å². The lowest BCUT2D eigenvalue weighted by molar-refractivity contribution is -0.128. The molecular formula is C20H31N5O2. The molecule has 0 aliphatic carbocycles. The van der Waals surface area contributed by atoms with Crippen molar-refractivity contribution in [2.45, 2.75) is 25.1 Å². The van der Waals surface area contributed by atoms with Gasteiger partial charge in [0, 0.05) is 60.3 Å². The molecule has 2 aliphatic rings. The van der Waals surface area contributed by atoms with Crippen molar-refractivity contribution in [2.75, 3.05) is 53.9 Å². The normalized spacial score (nSPS) is 23.2. The van der Waals surface area contributed by atoms with Crippen LogP contribution in [0.25, 0.3) is 0 Å². The smallest absolute Gasteiger partial charge is 0.223 e. The van der Waals surface area contributed by atoms with Crippen molar-refractivity contribution in [3.05, 3.63) is 35.9 Å². The molecule has 2 heterocycles. The van der Waals surface area contributed by atoms with E-state index in [1.807, 2.05) is 0 Å². The summed E-state index contributed by atoms with van der Waals surface area (Å²) < 4.78 is 6.04. The van der Waals surface area contributed by atoms with E-state index in [0.717, 1.165) is 38.7 Å². The van der Waals surface area contributed by atoms with Crippen LogP contribution in [0, 0.1) is 0 Å². The molecule has 2 fully saturated rings. The van der Waals surface area contributed by atoms with Crippen LogP contribution in [-0.4, -0.2) is 92.6 Å². The lowest BCUT2D eigenvalue weighted by Gasteiger charge is -2.36. The molecule has 1 aromatic carbocycles. The van der Waals surface area contributed by atoms with Crippen LogP contribution in [0.4, 0.5) is 0 Å². The van der Waals surface area contributed by atoms with Gasteiger partial charge in [0.1, 0.15) is 0 Å². The van der Waals surface area contributed by atoms with Gasteiger partial charge in [-0.05, 0) is 5.56 Å². The second-order valence-electron chi connectivity index (χ2n) is 7.35. The molecule has 1 amide bonds. The predicted molar refractivity (Wildman–Crippen MR) is 107 cm³/mol. The van der Waals surface area contributed by atoms with E-state index in [1.165, 1.54) is 5.56 Å². The van der Waals surface area contributed by atoms with Crippen LogP contribution in [0.2, 0.25) is 0 Å². The molecule has 0 radical (unpaired) electrons. The summed E-state index contributed by atoms with van der Waals surface area (Å²) >= 11 is 0. The fourth-order valence-electron chi connectivity index (χ4n) is 3.78. The minimum atomic E-state index is 0.116. The first-order valence-electron chi connectivity index (χ1n) is 9.64. The number of likely N-dealkylation sites (tertiary alicyclic amines) is 1. The molecule has 1 N–H and O–H groups in total. The molecule has 0 aromatic heterocycles. The average molecular weight is 374 g/mol. The van der Waals surface area contributed by atoms with Crippen LogP contribution in [0.5, 0.6) is 0 Å². The molecule has 7 nitrogen and oxygen atoms in total. The summed E-state index contributed by atoms with van der Waals surface area (Å²) in [4.78, 5) is 22.6. The van der Waals surface area contributed by atoms with Gasteiger partial charge in [-0.25, -0.2) is 0 Å². The lowest BCUT2D eigenvalue weighted by atomic mass is 10.1. The van der Waals surface area contributed by atoms with E-state index in [0.29, 0.717) is 19.0 Å². The summed E-state index contributed by atoms with van der Waals surface area (Å²) in [6.45, 7) is 4.97. The third-order valence-corrected chi connectivity index (χ3v) is 5.28. The van der Waals surface area contributed by atoms with Crippen molar-refractivity contribution in [1.82, 2.24) is 20.0 Å². The Hall–Kier alpha value is -2.12. The van der Waals surface area contributed by atoms with E-state index in [4.69, 9.17) is 4.74 Å². The minimum Gasteiger partial charge on any atom is -0.373 e. The zero-order chi connectivity index (χ0) is 19.2. The van der Waals surface area contributed by atoms with Gasteiger partial charge in [0.15, 0.2) is 5.96 Å². The van der Waals surface area contributed by atoms with Crippen LogP contribution < -0.4 is 5.32 Å². The van der Waals surface area contributed by atoms with Crippen LogP contribution in [0.3, 0.4) is 0 Å². The van der Waals surface area contributed by atoms with Crippen molar-refractivity contribution in [3.63, 3.8) is 0 Å². The molecule has 148 valence electrons. The fraction of sp³-hybridized carbons (Fsp3) is 0.600. The van der Waals surface area contributed by atoms with Gasteiger partial charge in [0.05, 0.1) is 18.8 Å². The van der Waals surface area contributed by atoms with Gasteiger partial charge in [-0.15, -0.1) is 0 Å². The number of nitrogens with zero attached hydrogens (tertiary/aromatic N) is 4. The highest BCUT2D eigenvalue weighted by Crippen LogP contribution is 2.24. The van der Waals surface area contributed by atoms with Gasteiger partial charge in [0.2, 0.25) is 5.91 Å². The third-order valence-electron chi connectivity index (χ3n) is 5.28. The summed E-state index contributed by atoms with van der Waals surface area (Å²) in [5, 5.41) is 3.33. The van der Waals surface area contributed by atoms with E-state index in [-0.39, 0.29) is 12.0 Å². The zero-order valence-corrected chi connectivity index (χ0v) is 16.6. The van der Waals surface area contributed by atoms with Crippen LogP contribution in [-0.2, 0) is 16.1 Å². The maximum Gasteiger partial charge on any atom is 0.223 e. The number of benzene rings is 1. The first-order chi connectivity index (χ1) is 13.1. The third kappa shape index (κ3) is 4.99. The number of carbonyl (C=O) groups excluding carboxylic acids is 1. The lowest BCUT2D eigenvalue weighted by Crippen LogP contribution is -2.50. The molecule has 1 aromatic rings. The Labute approximate surface area is 162 Å². The maximum absolute atomic E-state index is 11.8. The van der Waals surface area contributed by atoms with Gasteiger partial charge in [-0.2, -0.15) is 0 Å². The number of guanidine groups is 1. The van der Waals surface area contributed by atoms with E-state index < -0.39 is 0 Å². The molecular weight excluding hydrogens is 342 g/mol. The Balaban J connectivity index is 1.57. The topological polar surface area (TPSA) is 60.4 Å². The first kappa shape index (κ1) is 19.6. The number of hydrogen-bond acceptors (Lipinski definition) is 4. The Bertz CT molecular complexity index is 649. The summed E-state index contributed by atoms with van der Waals surface area (Å²) in [6.07, 6.45) is 0.660. The quantitative estimate of drug-likeness (QED) is 0.606. The summed E-state index contributed by atoms with van der Waals surface area (Å²) in [5.74, 6) is 0.963. The number of rotatable bonds is 5. The Morgan fingerprint density at radius 2 is 2.07 bits per heavy atom. The molecule has 0 bridgehead atoms. The van der Waals surface area contributed by atoms with Crippen LogP contribution in [0.15, 0.2) is 35.3 Å². The second-order valence-corrected chi connectivity index (χ2v) is 7.35. The largest absolute Gasteiger partial charge is 0.373 e. The van der Waals surface area contributed by atoms with E-state index in [1.54, 1.807) is 26.0 Å². The van der Waals surface area contributed by atoms with Gasteiger partial charge >= 0.3 is 0 Å². The molecule has 0 spiro atoms. The second kappa shape index (κ2) is 9.19. The minimum absolute atomic E-state index is 0.116. The van der Waals surface area contributed by atoms with Crippen LogP contribution >= 0.6 is 0 Å². The number of fused-ring (bicyclic) bond motifs is 1. The number of amides is 1. The number of hydrogen-bond donors (Lipinski definition) is 1. The van der Waals surface area contributed by atoms with E-state index >= 15 is 0 Å². The molecule has 0 saturated carbocycles. The Kier molecular flexibility index (Phi) is 6.68. The highest BCUT2D eigenvalue weighted by Gasteiger charge is 2.41. The SMILES string of the molecule is CN=C(NCCC(=O)N(C)C)N1CC2OCCN(Cc3ccccc3)C2C1. The molecule has 3 rings (SSSR count). The fourth-order valence-corrected chi connectivity index (χ4v) is 3.78. The average Bonchev–Trinajstić information content (AvgIpc) is 3.11. The maximum atomic E-state index is 11.8. The first-order valence-corrected chi connectivity index (χ1v) is 9.64. The molecule has 2 atom stereocenters. The number of carbonyl (C=O) groups is 1. The van der Waals surface area contributed by atoms with Gasteiger partial charge in [-0.1, -0.05) is 30.3 Å². The molecule has 2 saturated heterocycles. The van der Waals surface area contributed by atoms with Gasteiger partial charge in [0.25, 0.3) is 0 Å². The van der Waals surface area contributed by atoms with Gasteiger partial charge < -0.3 is 19.9 Å². The zero-order valence-electron chi connectivity index (χ0n) is 16.6. The van der Waals surface area contributed by atoms with Crippen molar-refractivity contribution in [2.24, 2.45) is 4.99 Å². The van der Waals surface area contributed by atoms with Crippen molar-refractivity contribution in [3.8, 4) is 0 Å². The van der Waals surface area contributed by atoms with E-state index in [9.17, 15) is 4.79 Å². The number of morpholine rings is 1. The molecule has 7 heteroatoms. The summed E-state index contributed by atoms with van der Waals surface area (Å²) in [7, 11) is 5.35. The molecule has 2 aliphatic heterocycles. The Morgan fingerprint density at radius 3 is 2.78 bits per heavy atom. The number of ether oxygens (including phenoxy) is 1. The van der Waals surface area contributed by atoms with Crippen molar-refractivity contribution in [1.29, 1.82) is 0 Å². The van der Waals surface area contributed by atoms with Crippen molar-refractivity contribution < 1.29 is 9.53 Å². The molecule has 27 heavy (non-hydrogen) atoms.